The van der Waals surface area contributed by atoms with Gasteiger partial charge < -0.3 is 10.6 Å². The fourth-order valence-electron chi connectivity index (χ4n) is 2.15. The predicted molar refractivity (Wildman–Crippen MR) is 61.4 cm³/mol. The molecule has 0 spiro atoms. The van der Waals surface area contributed by atoms with Crippen LogP contribution in [0.1, 0.15) is 28.8 Å². The Labute approximate surface area is 102 Å². The van der Waals surface area contributed by atoms with Gasteiger partial charge in [0.25, 0.3) is 0 Å². The van der Waals surface area contributed by atoms with Gasteiger partial charge in [-0.25, -0.2) is 0 Å². The molecule has 0 saturated carbocycles. The molecule has 18 heavy (non-hydrogen) atoms. The van der Waals surface area contributed by atoms with E-state index in [1.807, 2.05) is 4.90 Å². The highest BCUT2D eigenvalue weighted by atomic mass is 19.4. The van der Waals surface area contributed by atoms with Gasteiger partial charge in [-0.1, -0.05) is 0 Å². The number of amides is 1. The van der Waals surface area contributed by atoms with E-state index in [1.165, 1.54) is 6.07 Å². The molecule has 1 aliphatic rings. The van der Waals surface area contributed by atoms with Gasteiger partial charge in [0, 0.05) is 18.8 Å². The number of carbonyl (C=O) groups is 1. The maximum absolute atomic E-state index is 12.8. The largest absolute Gasteiger partial charge is 0.417 e. The molecule has 6 heteroatoms. The van der Waals surface area contributed by atoms with E-state index in [-0.39, 0.29) is 0 Å². The number of rotatable bonds is 2. The van der Waals surface area contributed by atoms with E-state index in [0.29, 0.717) is 5.69 Å². The minimum absolute atomic E-state index is 0.481. The summed E-state index contributed by atoms with van der Waals surface area (Å²) in [5.41, 5.74) is 4.01. The van der Waals surface area contributed by atoms with Gasteiger partial charge in [0.15, 0.2) is 0 Å². The minimum atomic E-state index is -4.57. The van der Waals surface area contributed by atoms with Gasteiger partial charge in [-0.15, -0.1) is 0 Å². The zero-order chi connectivity index (χ0) is 13.3. The summed E-state index contributed by atoms with van der Waals surface area (Å²) in [6, 6.07) is 3.67. The van der Waals surface area contributed by atoms with Crippen molar-refractivity contribution in [2.75, 3.05) is 18.0 Å². The lowest BCUT2D eigenvalue weighted by atomic mass is 10.1. The fourth-order valence-corrected chi connectivity index (χ4v) is 2.15. The molecule has 1 heterocycles. The molecule has 2 rings (SSSR count). The van der Waals surface area contributed by atoms with Crippen LogP contribution in [0.25, 0.3) is 0 Å². The molecule has 1 aliphatic heterocycles. The van der Waals surface area contributed by atoms with Crippen LogP contribution < -0.4 is 10.6 Å². The number of nitrogens with zero attached hydrogens (tertiary/aromatic N) is 1. The highest BCUT2D eigenvalue weighted by Gasteiger charge is 2.35. The van der Waals surface area contributed by atoms with Crippen molar-refractivity contribution in [2.45, 2.75) is 19.0 Å². The Bertz CT molecular complexity index is 465. The van der Waals surface area contributed by atoms with Crippen molar-refractivity contribution in [3.63, 3.8) is 0 Å². The summed E-state index contributed by atoms with van der Waals surface area (Å²) >= 11 is 0. The molecular formula is C12H13F3N2O. The first-order chi connectivity index (χ1) is 8.39. The number of hydrogen-bond acceptors (Lipinski definition) is 2. The molecule has 1 fully saturated rings. The summed E-state index contributed by atoms with van der Waals surface area (Å²) in [7, 11) is 0. The van der Waals surface area contributed by atoms with Crippen LogP contribution in [0.4, 0.5) is 18.9 Å². The molecule has 2 N–H and O–H groups in total. The summed E-state index contributed by atoms with van der Waals surface area (Å²) < 4.78 is 38.5. The number of anilines is 1. The van der Waals surface area contributed by atoms with Crippen molar-refractivity contribution in [1.29, 1.82) is 0 Å². The Morgan fingerprint density at radius 1 is 1.22 bits per heavy atom. The lowest BCUT2D eigenvalue weighted by Gasteiger charge is -2.20. The highest BCUT2D eigenvalue weighted by molar-refractivity contribution is 5.95. The van der Waals surface area contributed by atoms with Crippen LogP contribution in [0.15, 0.2) is 18.2 Å². The second-order valence-corrected chi connectivity index (χ2v) is 4.29. The topological polar surface area (TPSA) is 46.3 Å². The van der Waals surface area contributed by atoms with Crippen molar-refractivity contribution < 1.29 is 18.0 Å². The van der Waals surface area contributed by atoms with Crippen LogP contribution in [0, 0.1) is 0 Å². The fraction of sp³-hybridized carbons (Fsp3) is 0.417. The molecular weight excluding hydrogens is 245 g/mol. The molecule has 98 valence electrons. The molecule has 1 amide bonds. The minimum Gasteiger partial charge on any atom is -0.372 e. The number of benzene rings is 1. The molecule has 0 aromatic heterocycles. The van der Waals surface area contributed by atoms with Crippen LogP contribution in [-0.4, -0.2) is 19.0 Å². The van der Waals surface area contributed by atoms with E-state index >= 15 is 0 Å². The van der Waals surface area contributed by atoms with Gasteiger partial charge in [0.1, 0.15) is 0 Å². The van der Waals surface area contributed by atoms with Crippen LogP contribution in [0.5, 0.6) is 0 Å². The molecule has 1 saturated heterocycles. The molecule has 1 aromatic rings. The van der Waals surface area contributed by atoms with Crippen LogP contribution in [-0.2, 0) is 6.18 Å². The first kappa shape index (κ1) is 12.7. The van der Waals surface area contributed by atoms with Crippen LogP contribution in [0.2, 0.25) is 0 Å². The number of halogens is 3. The normalized spacial score (nSPS) is 16.1. The van der Waals surface area contributed by atoms with E-state index in [4.69, 9.17) is 5.73 Å². The zero-order valence-electron chi connectivity index (χ0n) is 9.63. The Balaban J connectivity index is 2.45. The van der Waals surface area contributed by atoms with Gasteiger partial charge >= 0.3 is 6.18 Å². The van der Waals surface area contributed by atoms with Crippen molar-refractivity contribution >= 4 is 11.6 Å². The second-order valence-electron chi connectivity index (χ2n) is 4.29. The second kappa shape index (κ2) is 4.51. The standard InChI is InChI=1S/C12H13F3N2O/c13-12(14,15)10-7-8(17-5-1-2-6-17)3-4-9(10)11(16)18/h3-4,7H,1-2,5-6H2,(H2,16,18). The molecule has 0 bridgehead atoms. The van der Waals surface area contributed by atoms with Gasteiger partial charge in [-0.3, -0.25) is 4.79 Å². The van der Waals surface area contributed by atoms with Crippen LogP contribution >= 0.6 is 0 Å². The van der Waals surface area contributed by atoms with Gasteiger partial charge in [0.2, 0.25) is 5.91 Å². The lowest BCUT2D eigenvalue weighted by molar-refractivity contribution is -0.137. The molecule has 1 aromatic carbocycles. The van der Waals surface area contributed by atoms with E-state index in [2.05, 4.69) is 0 Å². The third kappa shape index (κ3) is 2.42. The number of primary amides is 1. The number of hydrogen-bond donors (Lipinski definition) is 1. The number of nitrogens with two attached hydrogens (primary N) is 1. The average Bonchev–Trinajstić information content (AvgIpc) is 2.80. The summed E-state index contributed by atoms with van der Waals surface area (Å²) in [5.74, 6) is -1.06. The predicted octanol–water partition coefficient (Wildman–Crippen LogP) is 2.40. The zero-order valence-corrected chi connectivity index (χ0v) is 9.63. The Kier molecular flexibility index (Phi) is 3.19. The molecule has 3 nitrogen and oxygen atoms in total. The summed E-state index contributed by atoms with van der Waals surface area (Å²) in [6.07, 6.45) is -2.63. The van der Waals surface area contributed by atoms with E-state index < -0.39 is 23.2 Å². The first-order valence-electron chi connectivity index (χ1n) is 5.65. The average molecular weight is 258 g/mol. The van der Waals surface area contributed by atoms with Crippen molar-refractivity contribution in [1.82, 2.24) is 0 Å². The maximum Gasteiger partial charge on any atom is 0.417 e. The van der Waals surface area contributed by atoms with Gasteiger partial charge in [0.05, 0.1) is 11.1 Å². The number of alkyl halides is 3. The smallest absolute Gasteiger partial charge is 0.372 e. The van der Waals surface area contributed by atoms with Crippen molar-refractivity contribution in [3.05, 3.63) is 29.3 Å². The van der Waals surface area contributed by atoms with Crippen molar-refractivity contribution in [2.24, 2.45) is 5.73 Å². The monoisotopic (exact) mass is 258 g/mol. The summed E-state index contributed by atoms with van der Waals surface area (Å²) in [6.45, 7) is 1.49. The first-order valence-corrected chi connectivity index (χ1v) is 5.65. The Hall–Kier alpha value is -1.72. The molecule has 0 atom stereocenters. The SMILES string of the molecule is NC(=O)c1ccc(N2CCCC2)cc1C(F)(F)F. The maximum atomic E-state index is 12.8. The molecule has 0 unspecified atom stereocenters. The molecule has 0 aliphatic carbocycles. The summed E-state index contributed by atoms with van der Waals surface area (Å²) in [5, 5.41) is 0. The van der Waals surface area contributed by atoms with Gasteiger partial charge in [-0.05, 0) is 31.0 Å². The number of carbonyl (C=O) groups excluding carboxylic acids is 1. The van der Waals surface area contributed by atoms with E-state index in [0.717, 1.165) is 38.1 Å². The van der Waals surface area contributed by atoms with E-state index in [9.17, 15) is 18.0 Å². The third-order valence-corrected chi connectivity index (χ3v) is 3.05. The Morgan fingerprint density at radius 3 is 2.33 bits per heavy atom. The van der Waals surface area contributed by atoms with Gasteiger partial charge in [-0.2, -0.15) is 13.2 Å². The van der Waals surface area contributed by atoms with E-state index in [1.54, 1.807) is 0 Å². The lowest BCUT2D eigenvalue weighted by Crippen LogP contribution is -2.22. The quantitative estimate of drug-likeness (QED) is 0.885. The van der Waals surface area contributed by atoms with Crippen LogP contribution in [0.3, 0.4) is 0 Å². The van der Waals surface area contributed by atoms with Crippen molar-refractivity contribution in [3.8, 4) is 0 Å². The molecule has 0 radical (unpaired) electrons. The highest BCUT2D eigenvalue weighted by Crippen LogP contribution is 2.35. The third-order valence-electron chi connectivity index (χ3n) is 3.05. The Morgan fingerprint density at radius 2 is 1.83 bits per heavy atom. The summed E-state index contributed by atoms with van der Waals surface area (Å²) in [4.78, 5) is 12.9.